The second-order valence-corrected chi connectivity index (χ2v) is 2.95. The Morgan fingerprint density at radius 1 is 1.15 bits per heavy atom. The number of aromatic hydroxyl groups is 3. The van der Waals surface area contributed by atoms with Crippen molar-refractivity contribution in [3.8, 4) is 17.2 Å². The standard InChI is InChI=1S/C9H12O4/c1-5(4-10)6-2-3-7(11)9(13)8(6)12/h2-3,5,10-13H,4H2,1H3. The van der Waals surface area contributed by atoms with Crippen LogP contribution >= 0.6 is 0 Å². The molecule has 0 spiro atoms. The van der Waals surface area contributed by atoms with Crippen LogP contribution in [0.1, 0.15) is 18.4 Å². The van der Waals surface area contributed by atoms with Crippen LogP contribution in [0.4, 0.5) is 0 Å². The second-order valence-electron chi connectivity index (χ2n) is 2.95. The average Bonchev–Trinajstić information content (AvgIpc) is 2.13. The van der Waals surface area contributed by atoms with Crippen molar-refractivity contribution in [2.24, 2.45) is 0 Å². The fourth-order valence-corrected chi connectivity index (χ4v) is 1.08. The number of benzene rings is 1. The molecule has 4 heteroatoms. The van der Waals surface area contributed by atoms with Gasteiger partial charge < -0.3 is 20.4 Å². The molecule has 0 fully saturated rings. The molecule has 72 valence electrons. The predicted molar refractivity (Wildman–Crippen MR) is 46.9 cm³/mol. The molecule has 0 saturated carbocycles. The van der Waals surface area contributed by atoms with E-state index in [1.165, 1.54) is 12.1 Å². The minimum Gasteiger partial charge on any atom is -0.504 e. The van der Waals surface area contributed by atoms with Crippen LogP contribution in [0.5, 0.6) is 17.2 Å². The molecular weight excluding hydrogens is 172 g/mol. The zero-order valence-corrected chi connectivity index (χ0v) is 7.23. The van der Waals surface area contributed by atoms with E-state index in [-0.39, 0.29) is 24.0 Å². The highest BCUT2D eigenvalue weighted by molar-refractivity contribution is 5.54. The number of rotatable bonds is 2. The van der Waals surface area contributed by atoms with Gasteiger partial charge in [-0.2, -0.15) is 0 Å². The Balaban J connectivity index is 3.18. The lowest BCUT2D eigenvalue weighted by molar-refractivity contribution is 0.269. The number of aliphatic hydroxyl groups excluding tert-OH is 1. The van der Waals surface area contributed by atoms with Gasteiger partial charge in [0.05, 0.1) is 0 Å². The summed E-state index contributed by atoms with van der Waals surface area (Å²) in [5.41, 5.74) is 0.415. The monoisotopic (exact) mass is 184 g/mol. The van der Waals surface area contributed by atoms with Crippen LogP contribution in [0, 0.1) is 0 Å². The average molecular weight is 184 g/mol. The first-order valence-electron chi connectivity index (χ1n) is 3.92. The third-order valence-electron chi connectivity index (χ3n) is 1.97. The van der Waals surface area contributed by atoms with Crippen molar-refractivity contribution in [2.45, 2.75) is 12.8 Å². The predicted octanol–water partition coefficient (Wildman–Crippen LogP) is 0.899. The lowest BCUT2D eigenvalue weighted by Gasteiger charge is -2.11. The molecule has 1 atom stereocenters. The third kappa shape index (κ3) is 1.67. The van der Waals surface area contributed by atoms with E-state index in [2.05, 4.69) is 0 Å². The zero-order chi connectivity index (χ0) is 10.0. The molecule has 4 N–H and O–H groups in total. The molecule has 13 heavy (non-hydrogen) atoms. The van der Waals surface area contributed by atoms with E-state index in [4.69, 9.17) is 15.3 Å². The van der Waals surface area contributed by atoms with Gasteiger partial charge in [-0.05, 0) is 6.07 Å². The van der Waals surface area contributed by atoms with Crippen molar-refractivity contribution in [2.75, 3.05) is 6.61 Å². The second kappa shape index (κ2) is 3.53. The Kier molecular flexibility index (Phi) is 2.63. The molecule has 0 amide bonds. The summed E-state index contributed by atoms with van der Waals surface area (Å²) >= 11 is 0. The van der Waals surface area contributed by atoms with Crippen LogP contribution in [0.2, 0.25) is 0 Å². The zero-order valence-electron chi connectivity index (χ0n) is 7.23. The highest BCUT2D eigenvalue weighted by atomic mass is 16.3. The van der Waals surface area contributed by atoms with Crippen molar-refractivity contribution < 1.29 is 20.4 Å². The minimum atomic E-state index is -0.544. The van der Waals surface area contributed by atoms with Crippen LogP contribution in [0.15, 0.2) is 12.1 Å². The summed E-state index contributed by atoms with van der Waals surface area (Å²) in [5.74, 6) is -1.56. The van der Waals surface area contributed by atoms with Gasteiger partial charge in [0.1, 0.15) is 0 Å². The van der Waals surface area contributed by atoms with Gasteiger partial charge >= 0.3 is 0 Å². The maximum Gasteiger partial charge on any atom is 0.200 e. The van der Waals surface area contributed by atoms with Gasteiger partial charge in [-0.25, -0.2) is 0 Å². The quantitative estimate of drug-likeness (QED) is 0.515. The van der Waals surface area contributed by atoms with Gasteiger partial charge in [0.25, 0.3) is 0 Å². The van der Waals surface area contributed by atoms with E-state index >= 15 is 0 Å². The Bertz CT molecular complexity index is 309. The number of phenols is 3. The molecule has 0 aliphatic rings. The van der Waals surface area contributed by atoms with Gasteiger partial charge in [-0.15, -0.1) is 0 Å². The molecule has 1 unspecified atom stereocenters. The maximum atomic E-state index is 9.36. The normalized spacial score (nSPS) is 12.8. The van der Waals surface area contributed by atoms with E-state index in [9.17, 15) is 5.11 Å². The molecule has 0 bridgehead atoms. The van der Waals surface area contributed by atoms with Crippen molar-refractivity contribution in [3.05, 3.63) is 17.7 Å². The first-order chi connectivity index (χ1) is 6.07. The Morgan fingerprint density at radius 3 is 2.31 bits per heavy atom. The molecule has 0 aliphatic carbocycles. The van der Waals surface area contributed by atoms with E-state index in [1.54, 1.807) is 6.92 Å². The first-order valence-corrected chi connectivity index (χ1v) is 3.92. The lowest BCUT2D eigenvalue weighted by atomic mass is 10.0. The van der Waals surface area contributed by atoms with Crippen LogP contribution in [0.25, 0.3) is 0 Å². The van der Waals surface area contributed by atoms with Crippen molar-refractivity contribution >= 4 is 0 Å². The fraction of sp³-hybridized carbons (Fsp3) is 0.333. The smallest absolute Gasteiger partial charge is 0.200 e. The van der Waals surface area contributed by atoms with Crippen LogP contribution in [-0.4, -0.2) is 27.0 Å². The van der Waals surface area contributed by atoms with Crippen LogP contribution < -0.4 is 0 Å². The van der Waals surface area contributed by atoms with E-state index < -0.39 is 5.75 Å². The Morgan fingerprint density at radius 2 is 1.77 bits per heavy atom. The lowest BCUT2D eigenvalue weighted by Crippen LogP contribution is -1.98. The molecule has 0 aliphatic heterocycles. The van der Waals surface area contributed by atoms with Crippen molar-refractivity contribution in [1.29, 1.82) is 0 Å². The van der Waals surface area contributed by atoms with Crippen LogP contribution in [-0.2, 0) is 0 Å². The van der Waals surface area contributed by atoms with Gasteiger partial charge in [0, 0.05) is 18.1 Å². The molecule has 4 nitrogen and oxygen atoms in total. The molecule has 1 aromatic carbocycles. The summed E-state index contributed by atoms with van der Waals surface area (Å²) in [6, 6.07) is 2.74. The van der Waals surface area contributed by atoms with Crippen LogP contribution in [0.3, 0.4) is 0 Å². The van der Waals surface area contributed by atoms with Gasteiger partial charge in [-0.3, -0.25) is 0 Å². The fourth-order valence-electron chi connectivity index (χ4n) is 1.08. The van der Waals surface area contributed by atoms with Gasteiger partial charge in [0.2, 0.25) is 5.75 Å². The largest absolute Gasteiger partial charge is 0.504 e. The highest BCUT2D eigenvalue weighted by Gasteiger charge is 2.15. The molecule has 0 heterocycles. The van der Waals surface area contributed by atoms with E-state index in [1.807, 2.05) is 0 Å². The van der Waals surface area contributed by atoms with Gasteiger partial charge in [0.15, 0.2) is 11.5 Å². The molecule has 0 radical (unpaired) electrons. The first kappa shape index (κ1) is 9.67. The van der Waals surface area contributed by atoms with E-state index in [0.29, 0.717) is 5.56 Å². The molecule has 1 rings (SSSR count). The SMILES string of the molecule is CC(CO)c1ccc(O)c(O)c1O. The number of phenolic OH excluding ortho intramolecular Hbond substituents is 3. The summed E-state index contributed by atoms with van der Waals surface area (Å²) in [4.78, 5) is 0. The number of hydrogen-bond acceptors (Lipinski definition) is 4. The topological polar surface area (TPSA) is 80.9 Å². The summed E-state index contributed by atoms with van der Waals surface area (Å²) in [6.45, 7) is 1.57. The summed E-state index contributed by atoms with van der Waals surface area (Å²) < 4.78 is 0. The maximum absolute atomic E-state index is 9.36. The molecular formula is C9H12O4. The summed E-state index contributed by atoms with van der Waals surface area (Å²) in [5, 5.41) is 36.3. The summed E-state index contributed by atoms with van der Waals surface area (Å²) in [7, 11) is 0. The highest BCUT2D eigenvalue weighted by Crippen LogP contribution is 2.39. The molecule has 0 aromatic heterocycles. The minimum absolute atomic E-state index is 0.127. The Hall–Kier alpha value is -1.42. The van der Waals surface area contributed by atoms with Gasteiger partial charge in [-0.1, -0.05) is 13.0 Å². The van der Waals surface area contributed by atoms with Crippen molar-refractivity contribution in [1.82, 2.24) is 0 Å². The molecule has 1 aromatic rings. The van der Waals surface area contributed by atoms with Crippen molar-refractivity contribution in [3.63, 3.8) is 0 Å². The van der Waals surface area contributed by atoms with E-state index in [0.717, 1.165) is 0 Å². The molecule has 0 saturated heterocycles. The third-order valence-corrected chi connectivity index (χ3v) is 1.97. The Labute approximate surface area is 75.7 Å². The number of hydrogen-bond donors (Lipinski definition) is 4. The number of aliphatic hydroxyl groups is 1. The summed E-state index contributed by atoms with van der Waals surface area (Å²) in [6.07, 6.45) is 0.